The van der Waals surface area contributed by atoms with Crippen LogP contribution in [0.4, 0.5) is 0 Å². The zero-order valence-corrected chi connectivity index (χ0v) is 5.73. The minimum atomic E-state index is -1.27. The monoisotopic (exact) mass is 153 g/mol. The van der Waals surface area contributed by atoms with Crippen molar-refractivity contribution in [2.75, 3.05) is 0 Å². The van der Waals surface area contributed by atoms with Crippen molar-refractivity contribution in [3.05, 3.63) is 18.2 Å². The third-order valence-corrected chi connectivity index (χ3v) is 1.25. The first kappa shape index (κ1) is 7.74. The first-order valence-electron chi connectivity index (χ1n) is 3.08. The Labute approximate surface area is 63.3 Å². The number of imidazole rings is 1. The summed E-state index contributed by atoms with van der Waals surface area (Å²) < 4.78 is 0. The van der Waals surface area contributed by atoms with Crippen LogP contribution in [-0.2, 0) is 11.2 Å². The maximum absolute atomic E-state index is 10.1. The molecular weight excluding hydrogens is 146 g/mol. The molecule has 0 bridgehead atoms. The Morgan fingerprint density at radius 2 is 2.64 bits per heavy atom. The van der Waals surface area contributed by atoms with Gasteiger partial charge in [-0.2, -0.15) is 0 Å². The van der Waals surface area contributed by atoms with E-state index in [4.69, 9.17) is 5.73 Å². The highest BCUT2D eigenvalue weighted by molar-refractivity contribution is 5.71. The molecule has 0 saturated heterocycles. The molecule has 0 aromatic carbocycles. The van der Waals surface area contributed by atoms with Crippen molar-refractivity contribution < 1.29 is 9.90 Å². The van der Waals surface area contributed by atoms with Crippen LogP contribution >= 0.6 is 0 Å². The molecule has 0 amide bonds. The van der Waals surface area contributed by atoms with Crippen LogP contribution in [0, 0.1) is 0 Å². The predicted molar refractivity (Wildman–Crippen MR) is 34.2 cm³/mol. The lowest BCUT2D eigenvalue weighted by atomic mass is 10.2. The van der Waals surface area contributed by atoms with E-state index in [0.29, 0.717) is 5.69 Å². The number of carboxylic acids is 1. The van der Waals surface area contributed by atoms with E-state index in [2.05, 4.69) is 9.97 Å². The fourth-order valence-electron chi connectivity index (χ4n) is 0.674. The molecule has 1 rings (SSSR count). The third-order valence-electron chi connectivity index (χ3n) is 1.25. The molecule has 0 fully saturated rings. The molecule has 11 heavy (non-hydrogen) atoms. The van der Waals surface area contributed by atoms with Crippen LogP contribution in [-0.4, -0.2) is 17.0 Å². The van der Waals surface area contributed by atoms with E-state index in [1.54, 1.807) is 0 Å². The Hall–Kier alpha value is -1.36. The Morgan fingerprint density at radius 1 is 1.91 bits per heavy atom. The van der Waals surface area contributed by atoms with Crippen LogP contribution in [0.25, 0.3) is 0 Å². The van der Waals surface area contributed by atoms with Gasteiger partial charge in [0.2, 0.25) is 0 Å². The van der Waals surface area contributed by atoms with Gasteiger partial charge in [-0.3, -0.25) is 0 Å². The van der Waals surface area contributed by atoms with Gasteiger partial charge < -0.3 is 25.6 Å². The molecule has 0 saturated carbocycles. The molecule has 0 aliphatic rings. The standard InChI is InChI=1S/C6H9N3O2/c7-5(6(10)11)1-4-2-8-3-9-4/h2-3,5H,1,7H2,(H2,8,9,10,11)/p-2/t5-/m1/s1. The second kappa shape index (κ2) is 3.16. The van der Waals surface area contributed by atoms with Crippen LogP contribution in [0.3, 0.4) is 0 Å². The SMILES string of the molecule is N[C@H](Cc1c[n-]cn1)C(=O)[O-]. The molecule has 2 N–H and O–H groups in total. The predicted octanol–water partition coefficient (Wildman–Crippen LogP) is -2.34. The highest BCUT2D eigenvalue weighted by Crippen LogP contribution is 1.93. The summed E-state index contributed by atoms with van der Waals surface area (Å²) in [5.41, 5.74) is 5.75. The highest BCUT2D eigenvalue weighted by Gasteiger charge is 2.01. The molecule has 0 aliphatic heterocycles. The van der Waals surface area contributed by atoms with E-state index in [-0.39, 0.29) is 6.42 Å². The summed E-state index contributed by atoms with van der Waals surface area (Å²) >= 11 is 0. The van der Waals surface area contributed by atoms with Gasteiger partial charge in [-0.05, 0) is 6.42 Å². The van der Waals surface area contributed by atoms with E-state index in [1.165, 1.54) is 12.5 Å². The van der Waals surface area contributed by atoms with Gasteiger partial charge in [0.15, 0.2) is 0 Å². The van der Waals surface area contributed by atoms with E-state index in [0.717, 1.165) is 0 Å². The second-order valence-corrected chi connectivity index (χ2v) is 2.14. The number of carbonyl (C=O) groups is 1. The lowest BCUT2D eigenvalue weighted by molar-refractivity contribution is -0.307. The number of nitrogens with zero attached hydrogens (tertiary/aromatic N) is 2. The quantitative estimate of drug-likeness (QED) is 0.525. The van der Waals surface area contributed by atoms with Crippen molar-refractivity contribution in [3.8, 4) is 0 Å². The maximum atomic E-state index is 10.1. The Kier molecular flexibility index (Phi) is 2.22. The number of rotatable bonds is 3. The number of hydrogen-bond donors (Lipinski definition) is 1. The summed E-state index contributed by atoms with van der Waals surface area (Å²) in [6.45, 7) is 0. The maximum Gasteiger partial charge on any atom is 0.0585 e. The molecule has 0 spiro atoms. The molecule has 0 unspecified atom stereocenters. The number of aliphatic carboxylic acids is 1. The number of carbonyl (C=O) groups excluding carboxylic acids is 1. The first-order chi connectivity index (χ1) is 5.20. The van der Waals surface area contributed by atoms with Crippen molar-refractivity contribution >= 4 is 5.97 Å². The van der Waals surface area contributed by atoms with Gasteiger partial charge in [0, 0.05) is 6.04 Å². The van der Waals surface area contributed by atoms with Crippen molar-refractivity contribution in [2.24, 2.45) is 5.73 Å². The Balaban J connectivity index is 2.50. The van der Waals surface area contributed by atoms with Gasteiger partial charge in [-0.1, -0.05) is 18.2 Å². The summed E-state index contributed by atoms with van der Waals surface area (Å²) in [6, 6.07) is -0.994. The van der Waals surface area contributed by atoms with Crippen molar-refractivity contribution in [1.82, 2.24) is 9.97 Å². The first-order valence-corrected chi connectivity index (χ1v) is 3.08. The van der Waals surface area contributed by atoms with Gasteiger partial charge in [-0.25, -0.2) is 0 Å². The normalized spacial score (nSPS) is 12.8. The summed E-state index contributed by atoms with van der Waals surface area (Å²) in [7, 11) is 0. The molecule has 0 radical (unpaired) electrons. The molecule has 5 heteroatoms. The fourth-order valence-corrected chi connectivity index (χ4v) is 0.674. The number of carboxylic acid groups (broad SMARTS) is 1. The Morgan fingerprint density at radius 3 is 3.09 bits per heavy atom. The van der Waals surface area contributed by atoms with Crippen LogP contribution in [0.15, 0.2) is 12.5 Å². The number of hydrogen-bond acceptors (Lipinski definition) is 4. The lowest BCUT2D eigenvalue weighted by Crippen LogP contribution is -2.43. The van der Waals surface area contributed by atoms with E-state index in [9.17, 15) is 9.90 Å². The molecular formula is C6H7N3O2-2. The highest BCUT2D eigenvalue weighted by atomic mass is 16.4. The molecule has 1 aromatic heterocycles. The van der Waals surface area contributed by atoms with E-state index in [1.807, 2.05) is 0 Å². The van der Waals surface area contributed by atoms with Crippen molar-refractivity contribution in [2.45, 2.75) is 12.5 Å². The molecule has 1 atom stereocenters. The van der Waals surface area contributed by atoms with E-state index < -0.39 is 12.0 Å². The van der Waals surface area contributed by atoms with Gasteiger partial charge in [0.1, 0.15) is 0 Å². The molecule has 5 nitrogen and oxygen atoms in total. The Bertz CT molecular complexity index is 232. The summed E-state index contributed by atoms with van der Waals surface area (Å²) in [5.74, 6) is -1.27. The average Bonchev–Trinajstić information content (AvgIpc) is 2.39. The van der Waals surface area contributed by atoms with Crippen LogP contribution in [0.5, 0.6) is 0 Å². The topological polar surface area (TPSA) is 93.1 Å². The largest absolute Gasteiger partial charge is 0.548 e. The van der Waals surface area contributed by atoms with E-state index >= 15 is 0 Å². The smallest absolute Gasteiger partial charge is 0.0585 e. The molecule has 60 valence electrons. The molecule has 1 heterocycles. The van der Waals surface area contributed by atoms with Crippen LogP contribution < -0.4 is 15.8 Å². The lowest BCUT2D eigenvalue weighted by Gasteiger charge is -2.11. The third kappa shape index (κ3) is 2.05. The average molecular weight is 153 g/mol. The summed E-state index contributed by atoms with van der Waals surface area (Å²) in [5, 5.41) is 10.1. The zero-order valence-electron chi connectivity index (χ0n) is 5.73. The molecule has 0 aliphatic carbocycles. The second-order valence-electron chi connectivity index (χ2n) is 2.14. The fraction of sp³-hybridized carbons (Fsp3) is 0.333. The number of aromatic nitrogens is 2. The summed E-state index contributed by atoms with van der Waals surface area (Å²) in [6.07, 6.45) is 2.99. The van der Waals surface area contributed by atoms with Crippen LogP contribution in [0.1, 0.15) is 5.69 Å². The van der Waals surface area contributed by atoms with Gasteiger partial charge in [0.25, 0.3) is 0 Å². The van der Waals surface area contributed by atoms with Gasteiger partial charge >= 0.3 is 0 Å². The minimum absolute atomic E-state index is 0.169. The minimum Gasteiger partial charge on any atom is -0.548 e. The zero-order chi connectivity index (χ0) is 8.27. The summed E-state index contributed by atoms with van der Waals surface area (Å²) in [4.78, 5) is 17.6. The van der Waals surface area contributed by atoms with Crippen molar-refractivity contribution in [3.63, 3.8) is 0 Å². The van der Waals surface area contributed by atoms with Crippen LogP contribution in [0.2, 0.25) is 0 Å². The van der Waals surface area contributed by atoms with Gasteiger partial charge in [-0.15, -0.1) is 0 Å². The van der Waals surface area contributed by atoms with Gasteiger partial charge in [0.05, 0.1) is 5.97 Å². The van der Waals surface area contributed by atoms with Crippen molar-refractivity contribution in [1.29, 1.82) is 0 Å². The number of nitrogens with two attached hydrogens (primary N) is 1. The molecule has 1 aromatic rings.